The number of aliphatic hydroxyl groups is 1. The van der Waals surface area contributed by atoms with Gasteiger partial charge in [-0.05, 0) is 32.8 Å². The first-order chi connectivity index (χ1) is 7.05. The third-order valence-electron chi connectivity index (χ3n) is 3.40. The summed E-state index contributed by atoms with van der Waals surface area (Å²) in [4.78, 5) is 10.4. The SMILES string of the molecule is CC1=CC2O/C(=C\C=O)C(C)(O)C2CC1. The molecule has 1 saturated heterocycles. The predicted octanol–water partition coefficient (Wildman–Crippen LogP) is 1.58. The first-order valence-corrected chi connectivity index (χ1v) is 5.28. The van der Waals surface area contributed by atoms with Crippen molar-refractivity contribution in [2.75, 3.05) is 0 Å². The molecule has 2 aliphatic rings. The normalized spacial score (nSPS) is 42.1. The van der Waals surface area contributed by atoms with Crippen molar-refractivity contribution < 1.29 is 14.6 Å². The molecule has 0 bridgehead atoms. The van der Waals surface area contributed by atoms with Crippen LogP contribution in [-0.4, -0.2) is 23.1 Å². The Balaban J connectivity index is 2.33. The fourth-order valence-electron chi connectivity index (χ4n) is 2.46. The summed E-state index contributed by atoms with van der Waals surface area (Å²) < 4.78 is 5.59. The fraction of sp³-hybridized carbons (Fsp3) is 0.583. The standard InChI is InChI=1S/C12H16O3/c1-8-3-4-9-10(7-8)15-11(5-6-13)12(9,2)14/h5-7,9-10,14H,3-4H2,1-2H3/b11-5-. The maximum atomic E-state index is 10.4. The summed E-state index contributed by atoms with van der Waals surface area (Å²) in [5, 5.41) is 10.3. The Morgan fingerprint density at radius 1 is 1.67 bits per heavy atom. The van der Waals surface area contributed by atoms with Crippen molar-refractivity contribution in [2.24, 2.45) is 5.92 Å². The summed E-state index contributed by atoms with van der Waals surface area (Å²) in [5.41, 5.74) is 0.294. The lowest BCUT2D eigenvalue weighted by Gasteiger charge is -2.27. The molecule has 3 unspecified atom stereocenters. The average Bonchev–Trinajstić information content (AvgIpc) is 2.39. The summed E-state index contributed by atoms with van der Waals surface area (Å²) in [6, 6.07) is 0. The second-order valence-electron chi connectivity index (χ2n) is 4.56. The zero-order valence-electron chi connectivity index (χ0n) is 9.06. The first-order valence-electron chi connectivity index (χ1n) is 5.28. The molecule has 3 nitrogen and oxygen atoms in total. The van der Waals surface area contributed by atoms with Crippen LogP contribution in [0.25, 0.3) is 0 Å². The lowest BCUT2D eigenvalue weighted by Crippen LogP contribution is -2.35. The van der Waals surface area contributed by atoms with E-state index >= 15 is 0 Å². The zero-order valence-corrected chi connectivity index (χ0v) is 9.06. The zero-order chi connectivity index (χ0) is 11.1. The number of fused-ring (bicyclic) bond motifs is 1. The maximum Gasteiger partial charge on any atom is 0.146 e. The van der Waals surface area contributed by atoms with Gasteiger partial charge in [0, 0.05) is 12.0 Å². The van der Waals surface area contributed by atoms with Crippen molar-refractivity contribution in [3.05, 3.63) is 23.5 Å². The van der Waals surface area contributed by atoms with Gasteiger partial charge in [0.2, 0.25) is 0 Å². The van der Waals surface area contributed by atoms with Crippen LogP contribution in [-0.2, 0) is 9.53 Å². The van der Waals surface area contributed by atoms with E-state index < -0.39 is 5.60 Å². The molecule has 0 aromatic carbocycles. The second kappa shape index (κ2) is 3.49. The molecule has 1 N–H and O–H groups in total. The van der Waals surface area contributed by atoms with Crippen LogP contribution in [0.5, 0.6) is 0 Å². The molecular formula is C12H16O3. The molecule has 0 aromatic heterocycles. The van der Waals surface area contributed by atoms with E-state index in [1.54, 1.807) is 6.92 Å². The van der Waals surface area contributed by atoms with Crippen LogP contribution in [0.4, 0.5) is 0 Å². The molecule has 2 rings (SSSR count). The Bertz CT molecular complexity index is 339. The molecule has 1 fully saturated rings. The molecule has 0 radical (unpaired) electrons. The highest BCUT2D eigenvalue weighted by molar-refractivity contribution is 5.66. The van der Waals surface area contributed by atoms with E-state index in [1.807, 2.05) is 6.08 Å². The van der Waals surface area contributed by atoms with Gasteiger partial charge in [0.05, 0.1) is 0 Å². The molecule has 1 aliphatic carbocycles. The molecule has 0 saturated carbocycles. The number of rotatable bonds is 1. The number of ether oxygens (including phenoxy) is 1. The highest BCUT2D eigenvalue weighted by atomic mass is 16.5. The third kappa shape index (κ3) is 1.61. The van der Waals surface area contributed by atoms with E-state index in [0.717, 1.165) is 12.8 Å². The van der Waals surface area contributed by atoms with Crippen LogP contribution in [0, 0.1) is 5.92 Å². The number of carbonyl (C=O) groups excluding carboxylic acids is 1. The minimum Gasteiger partial charge on any atom is -0.487 e. The van der Waals surface area contributed by atoms with E-state index in [-0.39, 0.29) is 12.0 Å². The Morgan fingerprint density at radius 2 is 2.40 bits per heavy atom. The van der Waals surface area contributed by atoms with Crippen LogP contribution in [0.1, 0.15) is 26.7 Å². The first kappa shape index (κ1) is 10.4. The molecule has 0 aromatic rings. The number of aldehydes is 1. The minimum atomic E-state index is -0.997. The van der Waals surface area contributed by atoms with Gasteiger partial charge in [-0.3, -0.25) is 4.79 Å². The molecule has 0 amide bonds. The van der Waals surface area contributed by atoms with E-state index in [4.69, 9.17) is 4.74 Å². The van der Waals surface area contributed by atoms with Crippen molar-refractivity contribution in [3.63, 3.8) is 0 Å². The molecule has 3 atom stereocenters. The molecule has 15 heavy (non-hydrogen) atoms. The molecular weight excluding hydrogens is 192 g/mol. The number of allylic oxidation sites excluding steroid dienone is 2. The average molecular weight is 208 g/mol. The largest absolute Gasteiger partial charge is 0.487 e. The summed E-state index contributed by atoms with van der Waals surface area (Å²) in [5.74, 6) is 0.478. The van der Waals surface area contributed by atoms with Gasteiger partial charge in [-0.15, -0.1) is 0 Å². The summed E-state index contributed by atoms with van der Waals surface area (Å²) in [6.45, 7) is 3.79. The number of hydrogen-bond acceptors (Lipinski definition) is 3. The van der Waals surface area contributed by atoms with E-state index in [1.165, 1.54) is 11.6 Å². The van der Waals surface area contributed by atoms with Crippen molar-refractivity contribution in [2.45, 2.75) is 38.4 Å². The van der Waals surface area contributed by atoms with Crippen molar-refractivity contribution in [3.8, 4) is 0 Å². The Labute approximate surface area is 89.4 Å². The van der Waals surface area contributed by atoms with Gasteiger partial charge in [-0.2, -0.15) is 0 Å². The number of hydrogen-bond donors (Lipinski definition) is 1. The van der Waals surface area contributed by atoms with Crippen molar-refractivity contribution in [1.29, 1.82) is 0 Å². The van der Waals surface area contributed by atoms with Gasteiger partial charge in [-0.25, -0.2) is 0 Å². The highest BCUT2D eigenvalue weighted by Crippen LogP contribution is 2.44. The van der Waals surface area contributed by atoms with Gasteiger partial charge in [0.1, 0.15) is 23.8 Å². The molecule has 82 valence electrons. The quantitative estimate of drug-likeness (QED) is 0.404. The van der Waals surface area contributed by atoms with E-state index in [2.05, 4.69) is 6.92 Å². The van der Waals surface area contributed by atoms with E-state index in [9.17, 15) is 9.90 Å². The Morgan fingerprint density at radius 3 is 3.07 bits per heavy atom. The highest BCUT2D eigenvalue weighted by Gasteiger charge is 2.49. The second-order valence-corrected chi connectivity index (χ2v) is 4.56. The molecule has 0 spiro atoms. The third-order valence-corrected chi connectivity index (χ3v) is 3.40. The molecule has 1 heterocycles. The Kier molecular flexibility index (Phi) is 2.43. The van der Waals surface area contributed by atoms with Crippen molar-refractivity contribution >= 4 is 6.29 Å². The topological polar surface area (TPSA) is 46.5 Å². The van der Waals surface area contributed by atoms with Gasteiger partial charge >= 0.3 is 0 Å². The fourth-order valence-corrected chi connectivity index (χ4v) is 2.46. The predicted molar refractivity (Wildman–Crippen MR) is 56.1 cm³/mol. The van der Waals surface area contributed by atoms with Gasteiger partial charge in [0.25, 0.3) is 0 Å². The van der Waals surface area contributed by atoms with Crippen LogP contribution < -0.4 is 0 Å². The van der Waals surface area contributed by atoms with Crippen LogP contribution >= 0.6 is 0 Å². The van der Waals surface area contributed by atoms with E-state index in [0.29, 0.717) is 12.0 Å². The molecule has 1 aliphatic heterocycles. The minimum absolute atomic E-state index is 0.0695. The van der Waals surface area contributed by atoms with Crippen molar-refractivity contribution in [1.82, 2.24) is 0 Å². The van der Waals surface area contributed by atoms with Crippen LogP contribution in [0.3, 0.4) is 0 Å². The van der Waals surface area contributed by atoms with Crippen LogP contribution in [0.15, 0.2) is 23.5 Å². The lowest BCUT2D eigenvalue weighted by molar-refractivity contribution is -0.104. The monoisotopic (exact) mass is 208 g/mol. The molecule has 3 heteroatoms. The number of carbonyl (C=O) groups is 1. The van der Waals surface area contributed by atoms with Gasteiger partial charge in [0.15, 0.2) is 0 Å². The maximum absolute atomic E-state index is 10.4. The summed E-state index contributed by atoms with van der Waals surface area (Å²) in [6.07, 6.45) is 5.87. The smallest absolute Gasteiger partial charge is 0.146 e. The Hall–Kier alpha value is -1.09. The van der Waals surface area contributed by atoms with Gasteiger partial charge in [-0.1, -0.05) is 5.57 Å². The summed E-state index contributed by atoms with van der Waals surface area (Å²) >= 11 is 0. The van der Waals surface area contributed by atoms with Gasteiger partial charge < -0.3 is 9.84 Å². The summed E-state index contributed by atoms with van der Waals surface area (Å²) in [7, 11) is 0. The van der Waals surface area contributed by atoms with Crippen LogP contribution in [0.2, 0.25) is 0 Å². The lowest BCUT2D eigenvalue weighted by atomic mass is 9.78.